The van der Waals surface area contributed by atoms with Crippen molar-refractivity contribution in [3.8, 4) is 0 Å². The number of hydrogen-bond donors (Lipinski definition) is 3. The van der Waals surface area contributed by atoms with Crippen LogP contribution in [0.4, 0.5) is 0 Å². The minimum Gasteiger partial charge on any atom is -0.480 e. The highest BCUT2D eigenvalue weighted by Crippen LogP contribution is 2.25. The molecule has 0 aliphatic heterocycles. The number of halogens is 2. The average molecular weight is 464 g/mol. The van der Waals surface area contributed by atoms with Gasteiger partial charge in [-0.3, -0.25) is 10.1 Å². The molecule has 0 spiro atoms. The molecule has 0 saturated carbocycles. The minimum atomic E-state index is -1.16. The average Bonchev–Trinajstić information content (AvgIpc) is 3.29. The number of nitrogens with zero attached hydrogens (tertiary/aromatic N) is 1. The van der Waals surface area contributed by atoms with Gasteiger partial charge >= 0.3 is 5.97 Å². The van der Waals surface area contributed by atoms with Gasteiger partial charge in [0.05, 0.1) is 6.54 Å². The topological polar surface area (TPSA) is 81.5 Å². The fourth-order valence-corrected chi connectivity index (χ4v) is 3.92. The van der Waals surface area contributed by atoms with E-state index in [4.69, 9.17) is 4.42 Å². The van der Waals surface area contributed by atoms with Gasteiger partial charge < -0.3 is 19.4 Å². The third kappa shape index (κ3) is 5.22. The Labute approximate surface area is 193 Å². The predicted molar refractivity (Wildman–Crippen MR) is 128 cm³/mol. The van der Waals surface area contributed by atoms with E-state index >= 15 is 0 Å². The van der Waals surface area contributed by atoms with Crippen molar-refractivity contribution < 1.29 is 14.3 Å². The molecule has 0 fully saturated rings. The summed E-state index contributed by atoms with van der Waals surface area (Å²) in [6, 6.07) is 17.7. The standard InChI is InChI=1S/C23H25N3O3.2ClH/c1-26(2)15-23(22(27)28,12-17-13-24-20-9-5-4-8-19(17)20)25-14-18-11-16-7-3-6-10-21(16)29-18;;/h3-11,13,24-25H,12,14-15H2,1-2H3,(H,27,28);2*1H. The normalized spacial score (nSPS) is 13.0. The summed E-state index contributed by atoms with van der Waals surface area (Å²) in [4.78, 5) is 17.6. The van der Waals surface area contributed by atoms with Gasteiger partial charge in [0, 0.05) is 35.5 Å². The molecule has 2 aromatic heterocycles. The lowest BCUT2D eigenvalue weighted by Gasteiger charge is -2.33. The molecule has 0 bridgehead atoms. The van der Waals surface area contributed by atoms with Crippen molar-refractivity contribution in [1.29, 1.82) is 0 Å². The Morgan fingerprint density at radius 3 is 2.55 bits per heavy atom. The molecule has 1 atom stereocenters. The fraction of sp³-hybridized carbons (Fsp3) is 0.261. The molecular weight excluding hydrogens is 437 g/mol. The van der Waals surface area contributed by atoms with Crippen LogP contribution in [-0.2, 0) is 17.8 Å². The number of fused-ring (bicyclic) bond motifs is 2. The smallest absolute Gasteiger partial charge is 0.325 e. The van der Waals surface area contributed by atoms with Gasteiger partial charge in [0.1, 0.15) is 16.9 Å². The molecule has 0 aliphatic carbocycles. The molecule has 6 nitrogen and oxygen atoms in total. The lowest BCUT2D eigenvalue weighted by atomic mass is 9.89. The summed E-state index contributed by atoms with van der Waals surface area (Å²) in [6.07, 6.45) is 2.26. The van der Waals surface area contributed by atoms with Crippen molar-refractivity contribution in [2.75, 3.05) is 20.6 Å². The summed E-state index contributed by atoms with van der Waals surface area (Å²) < 4.78 is 5.88. The molecular formula is C23H27Cl2N3O3. The van der Waals surface area contributed by atoms with Crippen LogP contribution in [-0.4, -0.2) is 47.1 Å². The van der Waals surface area contributed by atoms with Gasteiger partial charge in [-0.2, -0.15) is 0 Å². The van der Waals surface area contributed by atoms with Crippen LogP contribution < -0.4 is 5.32 Å². The van der Waals surface area contributed by atoms with E-state index < -0.39 is 11.5 Å². The maximum absolute atomic E-state index is 12.5. The van der Waals surface area contributed by atoms with E-state index in [2.05, 4.69) is 10.3 Å². The summed E-state index contributed by atoms with van der Waals surface area (Å²) in [7, 11) is 3.77. The van der Waals surface area contributed by atoms with Crippen molar-refractivity contribution in [1.82, 2.24) is 15.2 Å². The second-order valence-electron chi connectivity index (χ2n) is 7.77. The molecule has 0 saturated heterocycles. The Balaban J connectivity index is 0.00000171. The Morgan fingerprint density at radius 1 is 1.13 bits per heavy atom. The van der Waals surface area contributed by atoms with E-state index in [1.54, 1.807) is 0 Å². The van der Waals surface area contributed by atoms with E-state index in [0.717, 1.165) is 33.2 Å². The highest BCUT2D eigenvalue weighted by molar-refractivity contribution is 5.86. The number of nitrogens with one attached hydrogen (secondary N) is 2. The molecule has 0 radical (unpaired) electrons. The van der Waals surface area contributed by atoms with E-state index in [-0.39, 0.29) is 24.8 Å². The molecule has 8 heteroatoms. The van der Waals surface area contributed by atoms with Crippen LogP contribution in [0, 0.1) is 0 Å². The number of carboxylic acids is 1. The molecule has 31 heavy (non-hydrogen) atoms. The number of aromatic amines is 1. The van der Waals surface area contributed by atoms with Crippen molar-refractivity contribution in [3.63, 3.8) is 0 Å². The van der Waals surface area contributed by atoms with E-state index in [1.807, 2.05) is 79.8 Å². The van der Waals surface area contributed by atoms with Gasteiger partial charge in [0.15, 0.2) is 0 Å². The number of carboxylic acid groups (broad SMARTS) is 1. The van der Waals surface area contributed by atoms with Crippen molar-refractivity contribution in [2.45, 2.75) is 18.5 Å². The fourth-order valence-electron chi connectivity index (χ4n) is 3.92. The van der Waals surface area contributed by atoms with E-state index in [1.165, 1.54) is 0 Å². The summed E-state index contributed by atoms with van der Waals surface area (Å²) in [5.41, 5.74) is 1.62. The van der Waals surface area contributed by atoms with Gasteiger partial charge in [0.25, 0.3) is 0 Å². The second kappa shape index (κ2) is 10.2. The lowest BCUT2D eigenvalue weighted by Crippen LogP contribution is -2.59. The molecule has 3 N–H and O–H groups in total. The van der Waals surface area contributed by atoms with Gasteiger partial charge in [-0.15, -0.1) is 24.8 Å². The first-order chi connectivity index (χ1) is 14.0. The Hall–Kier alpha value is -2.51. The third-order valence-electron chi connectivity index (χ3n) is 5.24. The van der Waals surface area contributed by atoms with Crippen molar-refractivity contribution in [2.24, 2.45) is 0 Å². The molecule has 2 aromatic carbocycles. The van der Waals surface area contributed by atoms with Gasteiger partial charge in [-0.25, -0.2) is 0 Å². The quantitative estimate of drug-likeness (QED) is 0.359. The van der Waals surface area contributed by atoms with Crippen molar-refractivity contribution >= 4 is 52.7 Å². The number of likely N-dealkylation sites (N-methyl/N-ethyl adjacent to an activating group) is 1. The Morgan fingerprint density at radius 2 is 1.84 bits per heavy atom. The minimum absolute atomic E-state index is 0. The third-order valence-corrected chi connectivity index (χ3v) is 5.24. The Bertz CT molecular complexity index is 1120. The van der Waals surface area contributed by atoms with Crippen LogP contribution in [0.15, 0.2) is 65.2 Å². The number of aliphatic carboxylic acids is 1. The molecule has 0 amide bonds. The number of hydrogen-bond acceptors (Lipinski definition) is 4. The van der Waals surface area contributed by atoms with Crippen LogP contribution >= 0.6 is 24.8 Å². The number of furan rings is 1. The SMILES string of the molecule is CN(C)CC(Cc1c[nH]c2ccccc12)(NCc1cc2ccccc2o1)C(=O)O.Cl.Cl. The van der Waals surface area contributed by atoms with Crippen LogP contribution in [0.3, 0.4) is 0 Å². The zero-order valence-electron chi connectivity index (χ0n) is 17.4. The van der Waals surface area contributed by atoms with Gasteiger partial charge in [0.2, 0.25) is 0 Å². The van der Waals surface area contributed by atoms with E-state index in [9.17, 15) is 9.90 Å². The van der Waals surface area contributed by atoms with Crippen LogP contribution in [0.25, 0.3) is 21.9 Å². The number of H-pyrrole nitrogens is 1. The zero-order chi connectivity index (χ0) is 20.4. The van der Waals surface area contributed by atoms with E-state index in [0.29, 0.717) is 19.5 Å². The predicted octanol–water partition coefficient (Wildman–Crippen LogP) is 4.48. The molecule has 4 rings (SSSR count). The number of aromatic nitrogens is 1. The maximum atomic E-state index is 12.5. The largest absolute Gasteiger partial charge is 0.480 e. The van der Waals surface area contributed by atoms with Gasteiger partial charge in [-0.1, -0.05) is 36.4 Å². The van der Waals surface area contributed by atoms with Crippen LogP contribution in [0.5, 0.6) is 0 Å². The summed E-state index contributed by atoms with van der Waals surface area (Å²) in [6.45, 7) is 0.680. The summed E-state index contributed by atoms with van der Waals surface area (Å²) in [5.74, 6) is -0.165. The first kappa shape index (κ1) is 24.8. The monoisotopic (exact) mass is 463 g/mol. The second-order valence-corrected chi connectivity index (χ2v) is 7.77. The summed E-state index contributed by atoms with van der Waals surface area (Å²) in [5, 5.41) is 15.6. The van der Waals surface area contributed by atoms with Crippen LogP contribution in [0.2, 0.25) is 0 Å². The van der Waals surface area contributed by atoms with Gasteiger partial charge in [-0.05, 0) is 37.9 Å². The first-order valence-corrected chi connectivity index (χ1v) is 9.62. The lowest BCUT2D eigenvalue weighted by molar-refractivity contribution is -0.145. The molecule has 2 heterocycles. The number of para-hydroxylation sites is 2. The summed E-state index contributed by atoms with van der Waals surface area (Å²) >= 11 is 0. The van der Waals surface area contributed by atoms with Crippen LogP contribution in [0.1, 0.15) is 11.3 Å². The number of rotatable bonds is 8. The molecule has 166 valence electrons. The molecule has 4 aromatic rings. The first-order valence-electron chi connectivity index (χ1n) is 9.62. The molecule has 0 aliphatic rings. The number of carbonyl (C=O) groups is 1. The maximum Gasteiger partial charge on any atom is 0.325 e. The molecule has 1 unspecified atom stereocenters. The highest BCUT2D eigenvalue weighted by atomic mass is 35.5. The highest BCUT2D eigenvalue weighted by Gasteiger charge is 2.39. The number of benzene rings is 2. The zero-order valence-corrected chi connectivity index (χ0v) is 19.1. The van der Waals surface area contributed by atoms with Crippen molar-refractivity contribution in [3.05, 3.63) is 72.1 Å². The Kier molecular flexibility index (Phi) is 8.14.